The number of aryl methyl sites for hydroxylation is 1. The van der Waals surface area contributed by atoms with Gasteiger partial charge in [0.2, 0.25) is 5.95 Å². The molecule has 1 N–H and O–H groups in total. The van der Waals surface area contributed by atoms with E-state index in [1.54, 1.807) is 17.6 Å². The van der Waals surface area contributed by atoms with E-state index in [4.69, 9.17) is 4.42 Å². The SMILES string of the molecule is Cc1cc(-c2ccco2)nc(NCc2cccs2)n1. The summed E-state index contributed by atoms with van der Waals surface area (Å²) in [7, 11) is 0. The second kappa shape index (κ2) is 5.24. The van der Waals surface area contributed by atoms with Crippen molar-refractivity contribution in [2.45, 2.75) is 13.5 Å². The average molecular weight is 271 g/mol. The van der Waals surface area contributed by atoms with Crippen LogP contribution in [-0.4, -0.2) is 9.97 Å². The lowest BCUT2D eigenvalue weighted by atomic mass is 10.3. The molecule has 0 bridgehead atoms. The van der Waals surface area contributed by atoms with Gasteiger partial charge in [-0.1, -0.05) is 6.07 Å². The zero-order valence-electron chi connectivity index (χ0n) is 10.5. The van der Waals surface area contributed by atoms with Gasteiger partial charge in [-0.2, -0.15) is 0 Å². The zero-order valence-corrected chi connectivity index (χ0v) is 11.3. The second-order valence-electron chi connectivity index (χ2n) is 4.13. The molecule has 96 valence electrons. The Balaban J connectivity index is 1.82. The predicted molar refractivity (Wildman–Crippen MR) is 76.1 cm³/mol. The van der Waals surface area contributed by atoms with Gasteiger partial charge >= 0.3 is 0 Å². The molecule has 3 rings (SSSR count). The number of hydrogen-bond donors (Lipinski definition) is 1. The summed E-state index contributed by atoms with van der Waals surface area (Å²) in [6.07, 6.45) is 1.64. The van der Waals surface area contributed by atoms with Crippen molar-refractivity contribution >= 4 is 17.3 Å². The molecule has 0 aliphatic heterocycles. The highest BCUT2D eigenvalue weighted by Crippen LogP contribution is 2.20. The molecule has 0 saturated heterocycles. The van der Waals surface area contributed by atoms with Crippen molar-refractivity contribution in [3.05, 3.63) is 52.5 Å². The smallest absolute Gasteiger partial charge is 0.223 e. The minimum Gasteiger partial charge on any atom is -0.463 e. The van der Waals surface area contributed by atoms with Crippen LogP contribution in [0.15, 0.2) is 46.4 Å². The van der Waals surface area contributed by atoms with Gasteiger partial charge in [-0.3, -0.25) is 0 Å². The molecule has 0 aromatic carbocycles. The Morgan fingerprint density at radius 3 is 2.95 bits per heavy atom. The van der Waals surface area contributed by atoms with Gasteiger partial charge in [0.05, 0.1) is 12.8 Å². The van der Waals surface area contributed by atoms with Gasteiger partial charge in [0.1, 0.15) is 5.69 Å². The first-order valence-electron chi connectivity index (χ1n) is 5.97. The highest BCUT2D eigenvalue weighted by atomic mass is 32.1. The van der Waals surface area contributed by atoms with Crippen LogP contribution in [0.3, 0.4) is 0 Å². The van der Waals surface area contributed by atoms with Crippen molar-refractivity contribution < 1.29 is 4.42 Å². The quantitative estimate of drug-likeness (QED) is 0.785. The van der Waals surface area contributed by atoms with E-state index in [0.717, 1.165) is 23.7 Å². The van der Waals surface area contributed by atoms with E-state index >= 15 is 0 Å². The van der Waals surface area contributed by atoms with Crippen LogP contribution in [0.4, 0.5) is 5.95 Å². The van der Waals surface area contributed by atoms with Crippen LogP contribution in [-0.2, 0) is 6.54 Å². The summed E-state index contributed by atoms with van der Waals surface area (Å²) in [6.45, 7) is 2.68. The van der Waals surface area contributed by atoms with Gasteiger partial charge in [-0.15, -0.1) is 11.3 Å². The number of nitrogens with one attached hydrogen (secondary N) is 1. The lowest BCUT2D eigenvalue weighted by molar-refractivity contribution is 0.580. The second-order valence-corrected chi connectivity index (χ2v) is 5.16. The fraction of sp³-hybridized carbons (Fsp3) is 0.143. The maximum absolute atomic E-state index is 5.36. The summed E-state index contributed by atoms with van der Waals surface area (Å²) in [5.74, 6) is 1.38. The number of anilines is 1. The van der Waals surface area contributed by atoms with Crippen LogP contribution in [0.5, 0.6) is 0 Å². The third kappa shape index (κ3) is 2.82. The molecular weight excluding hydrogens is 258 g/mol. The third-order valence-electron chi connectivity index (χ3n) is 2.63. The maximum atomic E-state index is 5.36. The molecular formula is C14H13N3OS. The molecule has 0 aliphatic carbocycles. The summed E-state index contributed by atoms with van der Waals surface area (Å²) in [6, 6.07) is 9.78. The van der Waals surface area contributed by atoms with Crippen LogP contribution in [0.25, 0.3) is 11.5 Å². The van der Waals surface area contributed by atoms with Crippen LogP contribution in [0.2, 0.25) is 0 Å². The van der Waals surface area contributed by atoms with Gasteiger partial charge in [-0.25, -0.2) is 9.97 Å². The molecule has 0 saturated carbocycles. The summed E-state index contributed by atoms with van der Waals surface area (Å²) < 4.78 is 5.36. The Bertz CT molecular complexity index is 647. The van der Waals surface area contributed by atoms with Gasteiger partial charge in [0, 0.05) is 10.6 Å². The number of rotatable bonds is 4. The molecule has 3 aromatic rings. The summed E-state index contributed by atoms with van der Waals surface area (Å²) in [4.78, 5) is 10.1. The first-order chi connectivity index (χ1) is 9.31. The lowest BCUT2D eigenvalue weighted by Gasteiger charge is -2.06. The normalized spacial score (nSPS) is 10.6. The van der Waals surface area contributed by atoms with Crippen molar-refractivity contribution in [2.24, 2.45) is 0 Å². The van der Waals surface area contributed by atoms with E-state index in [0.29, 0.717) is 5.95 Å². The van der Waals surface area contributed by atoms with Crippen molar-refractivity contribution in [2.75, 3.05) is 5.32 Å². The monoisotopic (exact) mass is 271 g/mol. The van der Waals surface area contributed by atoms with Gasteiger partial charge in [0.15, 0.2) is 5.76 Å². The molecule has 4 nitrogen and oxygen atoms in total. The minimum atomic E-state index is 0.625. The molecule has 5 heteroatoms. The Hall–Kier alpha value is -2.14. The lowest BCUT2D eigenvalue weighted by Crippen LogP contribution is -2.04. The van der Waals surface area contributed by atoms with Crippen LogP contribution in [0, 0.1) is 6.92 Å². The van der Waals surface area contributed by atoms with Crippen molar-refractivity contribution in [3.8, 4) is 11.5 Å². The average Bonchev–Trinajstić information content (AvgIpc) is 3.09. The number of thiophene rings is 1. The Morgan fingerprint density at radius 2 is 2.21 bits per heavy atom. The number of furan rings is 1. The van der Waals surface area contributed by atoms with E-state index in [-0.39, 0.29) is 0 Å². The molecule has 0 aliphatic rings. The largest absolute Gasteiger partial charge is 0.463 e. The Labute approximate surface area is 115 Å². The molecule has 0 atom stereocenters. The molecule has 19 heavy (non-hydrogen) atoms. The fourth-order valence-corrected chi connectivity index (χ4v) is 2.42. The first kappa shape index (κ1) is 11.9. The molecule has 0 radical (unpaired) electrons. The Kier molecular flexibility index (Phi) is 3.29. The highest BCUT2D eigenvalue weighted by Gasteiger charge is 2.06. The Morgan fingerprint density at radius 1 is 1.26 bits per heavy atom. The van der Waals surface area contributed by atoms with Gasteiger partial charge in [-0.05, 0) is 36.6 Å². The molecule has 0 amide bonds. The fourth-order valence-electron chi connectivity index (χ4n) is 1.78. The van der Waals surface area contributed by atoms with E-state index < -0.39 is 0 Å². The van der Waals surface area contributed by atoms with Crippen LogP contribution >= 0.6 is 11.3 Å². The standard InChI is InChI=1S/C14H13N3OS/c1-10-8-12(13-5-2-6-18-13)17-14(16-10)15-9-11-4-3-7-19-11/h2-8H,9H2,1H3,(H,15,16,17). The van der Waals surface area contributed by atoms with Crippen LogP contribution < -0.4 is 5.32 Å². The van der Waals surface area contributed by atoms with E-state index in [1.165, 1.54) is 4.88 Å². The summed E-state index contributed by atoms with van der Waals surface area (Å²) in [5.41, 5.74) is 1.71. The summed E-state index contributed by atoms with van der Waals surface area (Å²) >= 11 is 1.71. The van der Waals surface area contributed by atoms with Gasteiger partial charge < -0.3 is 9.73 Å². The predicted octanol–water partition coefficient (Wildman–Crippen LogP) is 3.72. The molecule has 0 unspecified atom stereocenters. The number of aromatic nitrogens is 2. The topological polar surface area (TPSA) is 51.0 Å². The molecule has 3 heterocycles. The van der Waals surface area contributed by atoms with E-state index in [2.05, 4.69) is 26.7 Å². The van der Waals surface area contributed by atoms with Crippen molar-refractivity contribution in [3.63, 3.8) is 0 Å². The minimum absolute atomic E-state index is 0.625. The number of hydrogen-bond acceptors (Lipinski definition) is 5. The van der Waals surface area contributed by atoms with Crippen molar-refractivity contribution in [1.29, 1.82) is 0 Å². The van der Waals surface area contributed by atoms with E-state index in [1.807, 2.05) is 31.2 Å². The van der Waals surface area contributed by atoms with Gasteiger partial charge in [0.25, 0.3) is 0 Å². The molecule has 0 fully saturated rings. The summed E-state index contributed by atoms with van der Waals surface area (Å²) in [5, 5.41) is 5.29. The zero-order chi connectivity index (χ0) is 13.1. The third-order valence-corrected chi connectivity index (χ3v) is 3.51. The molecule has 0 spiro atoms. The molecule has 3 aromatic heterocycles. The highest BCUT2D eigenvalue weighted by molar-refractivity contribution is 7.09. The maximum Gasteiger partial charge on any atom is 0.223 e. The number of nitrogens with zero attached hydrogens (tertiary/aromatic N) is 2. The van der Waals surface area contributed by atoms with E-state index in [9.17, 15) is 0 Å². The van der Waals surface area contributed by atoms with Crippen LogP contribution in [0.1, 0.15) is 10.6 Å². The first-order valence-corrected chi connectivity index (χ1v) is 6.85. The van der Waals surface area contributed by atoms with Crippen molar-refractivity contribution in [1.82, 2.24) is 9.97 Å².